The van der Waals surface area contributed by atoms with Gasteiger partial charge in [-0.1, -0.05) is 30.3 Å². The summed E-state index contributed by atoms with van der Waals surface area (Å²) in [7, 11) is 1.79. The molecule has 0 bridgehead atoms. The lowest BCUT2D eigenvalue weighted by atomic mass is 10.0. The summed E-state index contributed by atoms with van der Waals surface area (Å²) in [5.41, 5.74) is 5.07. The molecule has 2 aromatic heterocycles. The number of carbonyl (C=O) groups is 2. The number of hydrogen-bond acceptors (Lipinski definition) is 9. The van der Waals surface area contributed by atoms with Gasteiger partial charge in [-0.05, 0) is 30.7 Å². The molecule has 1 fully saturated rings. The monoisotopic (exact) mass is 567 g/mol. The van der Waals surface area contributed by atoms with Crippen molar-refractivity contribution in [2.45, 2.75) is 13.0 Å². The number of Topliss-reactive ketones (excluding diaryl/α,β-unsaturated/α-hetero) is 1. The Balaban J connectivity index is 1.13. The molecule has 0 spiro atoms. The first-order valence-corrected chi connectivity index (χ1v) is 14.0. The Bertz CT molecular complexity index is 1600. The van der Waals surface area contributed by atoms with Gasteiger partial charge in [0, 0.05) is 56.2 Å². The maximum absolute atomic E-state index is 13.4. The lowest BCUT2D eigenvalue weighted by molar-refractivity contribution is -0.112. The molecule has 4 aromatic rings. The van der Waals surface area contributed by atoms with Gasteiger partial charge in [0.1, 0.15) is 18.1 Å². The SMILES string of the molecule is Cc1cc(-c2ccccc2)c(C(=O)C(=O)Nc2ccc3c(c2)OCC2CN(c4ncc(NCCO)cn4)CCN32)n1C. The number of benzene rings is 2. The van der Waals surface area contributed by atoms with E-state index < -0.39 is 11.7 Å². The van der Waals surface area contributed by atoms with Gasteiger partial charge in [-0.15, -0.1) is 0 Å². The van der Waals surface area contributed by atoms with E-state index in [4.69, 9.17) is 9.84 Å². The lowest BCUT2D eigenvalue weighted by Gasteiger charge is -2.45. The topological polar surface area (TPSA) is 125 Å². The van der Waals surface area contributed by atoms with Gasteiger partial charge in [-0.3, -0.25) is 9.59 Å². The van der Waals surface area contributed by atoms with E-state index in [2.05, 4.69) is 30.4 Å². The first-order chi connectivity index (χ1) is 20.4. The van der Waals surface area contributed by atoms with Crippen LogP contribution in [0.5, 0.6) is 5.75 Å². The number of anilines is 4. The minimum atomic E-state index is -0.701. The minimum absolute atomic E-state index is 0.0434. The summed E-state index contributed by atoms with van der Waals surface area (Å²) >= 11 is 0. The molecular weight excluding hydrogens is 534 g/mol. The minimum Gasteiger partial charge on any atom is -0.489 e. The Morgan fingerprint density at radius 3 is 2.60 bits per heavy atom. The number of carbonyl (C=O) groups excluding carboxylic acids is 2. The molecule has 2 aromatic carbocycles. The van der Waals surface area contributed by atoms with Crippen molar-refractivity contribution in [3.8, 4) is 16.9 Å². The Morgan fingerprint density at radius 2 is 1.83 bits per heavy atom. The van der Waals surface area contributed by atoms with Crippen molar-refractivity contribution in [1.29, 1.82) is 0 Å². The molecule has 11 nitrogen and oxygen atoms in total. The number of aliphatic hydroxyl groups is 1. The van der Waals surface area contributed by atoms with E-state index >= 15 is 0 Å². The number of hydrogen-bond donors (Lipinski definition) is 3. The maximum Gasteiger partial charge on any atom is 0.298 e. The number of amides is 1. The molecule has 216 valence electrons. The van der Waals surface area contributed by atoms with Crippen LogP contribution in [0.15, 0.2) is 67.0 Å². The van der Waals surface area contributed by atoms with Gasteiger partial charge >= 0.3 is 0 Å². The van der Waals surface area contributed by atoms with Crippen LogP contribution in [0.1, 0.15) is 16.2 Å². The highest BCUT2D eigenvalue weighted by Crippen LogP contribution is 2.38. The molecule has 11 heteroatoms. The highest BCUT2D eigenvalue weighted by atomic mass is 16.5. The summed E-state index contributed by atoms with van der Waals surface area (Å²) in [4.78, 5) is 39.9. The molecule has 42 heavy (non-hydrogen) atoms. The molecule has 0 aliphatic carbocycles. The van der Waals surface area contributed by atoms with E-state index in [9.17, 15) is 9.59 Å². The van der Waals surface area contributed by atoms with Crippen molar-refractivity contribution in [3.05, 3.63) is 78.4 Å². The first kappa shape index (κ1) is 27.3. The van der Waals surface area contributed by atoms with Crippen molar-refractivity contribution < 1.29 is 19.4 Å². The second-order valence-electron chi connectivity index (χ2n) is 10.5. The van der Waals surface area contributed by atoms with Crippen LogP contribution >= 0.6 is 0 Å². The predicted octanol–water partition coefficient (Wildman–Crippen LogP) is 3.10. The number of ether oxygens (including phenoxy) is 1. The average molecular weight is 568 g/mol. The fourth-order valence-electron chi connectivity index (χ4n) is 5.54. The Kier molecular flexibility index (Phi) is 7.49. The molecule has 6 rings (SSSR count). The first-order valence-electron chi connectivity index (χ1n) is 14.0. The highest BCUT2D eigenvalue weighted by molar-refractivity contribution is 6.47. The number of aliphatic hydroxyl groups excluding tert-OH is 1. The molecule has 1 amide bonds. The molecule has 3 N–H and O–H groups in total. The van der Waals surface area contributed by atoms with E-state index in [-0.39, 0.29) is 12.6 Å². The van der Waals surface area contributed by atoms with Crippen LogP contribution in [0.4, 0.5) is 23.0 Å². The van der Waals surface area contributed by atoms with E-state index in [1.807, 2.05) is 49.4 Å². The van der Waals surface area contributed by atoms with Crippen molar-refractivity contribution in [2.75, 3.05) is 59.8 Å². The number of nitrogens with zero attached hydrogens (tertiary/aromatic N) is 5. The third-order valence-corrected chi connectivity index (χ3v) is 7.78. The number of nitrogens with one attached hydrogen (secondary N) is 2. The quantitative estimate of drug-likeness (QED) is 0.218. The van der Waals surface area contributed by atoms with Crippen molar-refractivity contribution in [3.63, 3.8) is 0 Å². The normalized spacial score (nSPS) is 15.8. The molecule has 4 heterocycles. The number of fused-ring (bicyclic) bond motifs is 3. The molecule has 1 saturated heterocycles. The Labute approximate surface area is 243 Å². The predicted molar refractivity (Wildman–Crippen MR) is 161 cm³/mol. The lowest BCUT2D eigenvalue weighted by Crippen LogP contribution is -2.57. The van der Waals surface area contributed by atoms with Crippen LogP contribution in [0.25, 0.3) is 11.1 Å². The zero-order valence-electron chi connectivity index (χ0n) is 23.6. The third kappa shape index (κ3) is 5.26. The largest absolute Gasteiger partial charge is 0.489 e. The van der Waals surface area contributed by atoms with Gasteiger partial charge in [0.05, 0.1) is 36.4 Å². The average Bonchev–Trinajstić information content (AvgIpc) is 3.33. The van der Waals surface area contributed by atoms with Crippen LogP contribution in [0, 0.1) is 6.92 Å². The van der Waals surface area contributed by atoms with Gasteiger partial charge in [0.15, 0.2) is 0 Å². The highest BCUT2D eigenvalue weighted by Gasteiger charge is 2.34. The number of aromatic nitrogens is 3. The van der Waals surface area contributed by atoms with Gasteiger partial charge in [0.25, 0.3) is 11.7 Å². The fraction of sp³-hybridized carbons (Fsp3) is 0.290. The molecule has 1 unspecified atom stereocenters. The van der Waals surface area contributed by atoms with E-state index in [1.165, 1.54) is 0 Å². The van der Waals surface area contributed by atoms with E-state index in [0.29, 0.717) is 42.8 Å². The molecule has 2 aliphatic heterocycles. The maximum atomic E-state index is 13.4. The standard InChI is InChI=1S/C31H33N7O4/c1-20-14-25(21-6-4-3-5-7-21)28(36(20)2)29(40)30(41)35-22-8-9-26-27(15-22)42-19-24-18-37(11-12-38(24)26)31-33-16-23(17-34-31)32-10-13-39/h3-9,14-17,24,32,39H,10-13,18-19H2,1-2H3,(H,35,41). The zero-order valence-corrected chi connectivity index (χ0v) is 23.6. The van der Waals surface area contributed by atoms with Crippen molar-refractivity contribution >= 4 is 34.7 Å². The number of aryl methyl sites for hydroxylation is 1. The molecule has 0 saturated carbocycles. The summed E-state index contributed by atoms with van der Waals surface area (Å²) in [6, 6.07) is 17.1. The molecular formula is C31H33N7O4. The molecule has 0 radical (unpaired) electrons. The van der Waals surface area contributed by atoms with Crippen molar-refractivity contribution in [2.24, 2.45) is 7.05 Å². The molecule has 2 aliphatic rings. The van der Waals surface area contributed by atoms with Gasteiger partial charge in [-0.25, -0.2) is 9.97 Å². The second-order valence-corrected chi connectivity index (χ2v) is 10.5. The zero-order chi connectivity index (χ0) is 29.2. The number of rotatable bonds is 8. The number of ketones is 1. The molecule has 1 atom stereocenters. The van der Waals surface area contributed by atoms with Gasteiger partial charge in [0.2, 0.25) is 5.95 Å². The van der Waals surface area contributed by atoms with Crippen LogP contribution < -0.4 is 25.2 Å². The summed E-state index contributed by atoms with van der Waals surface area (Å²) in [6.07, 6.45) is 3.44. The summed E-state index contributed by atoms with van der Waals surface area (Å²) in [6.45, 7) is 5.08. The van der Waals surface area contributed by atoms with Crippen LogP contribution in [0.3, 0.4) is 0 Å². The summed E-state index contributed by atoms with van der Waals surface area (Å²) in [5.74, 6) is 0.0219. The number of piperazine rings is 1. The summed E-state index contributed by atoms with van der Waals surface area (Å²) < 4.78 is 7.88. The Morgan fingerprint density at radius 1 is 1.05 bits per heavy atom. The second kappa shape index (κ2) is 11.5. The third-order valence-electron chi connectivity index (χ3n) is 7.78. The smallest absolute Gasteiger partial charge is 0.298 e. The summed E-state index contributed by atoms with van der Waals surface area (Å²) in [5, 5.41) is 14.8. The van der Waals surface area contributed by atoms with Gasteiger partial charge < -0.3 is 34.8 Å². The van der Waals surface area contributed by atoms with Crippen molar-refractivity contribution in [1.82, 2.24) is 14.5 Å². The fourth-order valence-corrected chi connectivity index (χ4v) is 5.54. The van der Waals surface area contributed by atoms with E-state index in [0.717, 1.165) is 41.3 Å². The van der Waals surface area contributed by atoms with Gasteiger partial charge in [-0.2, -0.15) is 0 Å². The van der Waals surface area contributed by atoms with Crippen LogP contribution in [0.2, 0.25) is 0 Å². The van der Waals surface area contributed by atoms with E-state index in [1.54, 1.807) is 36.1 Å². The van der Waals surface area contributed by atoms with Crippen LogP contribution in [-0.4, -0.2) is 76.8 Å². The Hall–Kier alpha value is -4.90. The van der Waals surface area contributed by atoms with Crippen LogP contribution in [-0.2, 0) is 11.8 Å².